The normalized spacial score (nSPS) is 27.5. The van der Waals surface area contributed by atoms with Crippen LogP contribution in [0.2, 0.25) is 0 Å². The van der Waals surface area contributed by atoms with Gasteiger partial charge in [-0.15, -0.1) is 12.4 Å². The topological polar surface area (TPSA) is 32.3 Å². The van der Waals surface area contributed by atoms with Crippen LogP contribution in [0.4, 0.5) is 0 Å². The van der Waals surface area contributed by atoms with Gasteiger partial charge < -0.3 is 10.2 Å². The molecular formula is C17H33ClN2O. The third-order valence-corrected chi connectivity index (χ3v) is 5.08. The first kappa shape index (κ1) is 18.8. The molecule has 124 valence electrons. The molecule has 3 atom stereocenters. The molecule has 0 radical (unpaired) electrons. The number of piperidine rings is 1. The molecule has 3 unspecified atom stereocenters. The zero-order chi connectivity index (χ0) is 14.5. The number of rotatable bonds is 5. The lowest BCUT2D eigenvalue weighted by atomic mass is 9.85. The van der Waals surface area contributed by atoms with Crippen LogP contribution in [-0.2, 0) is 4.79 Å². The molecule has 0 spiro atoms. The van der Waals surface area contributed by atoms with Crippen molar-refractivity contribution in [1.29, 1.82) is 0 Å². The smallest absolute Gasteiger partial charge is 0.222 e. The summed E-state index contributed by atoms with van der Waals surface area (Å²) in [6, 6.07) is 0. The molecule has 2 heterocycles. The fraction of sp³-hybridized carbons (Fsp3) is 0.941. The zero-order valence-corrected chi connectivity index (χ0v) is 14.8. The van der Waals surface area contributed by atoms with Crippen LogP contribution in [-0.4, -0.2) is 37.0 Å². The van der Waals surface area contributed by atoms with Crippen molar-refractivity contribution in [2.24, 2.45) is 23.7 Å². The predicted octanol–water partition coefficient (Wildman–Crippen LogP) is 3.33. The Balaban J connectivity index is 0.00000220. The number of hydrogen-bond acceptors (Lipinski definition) is 2. The summed E-state index contributed by atoms with van der Waals surface area (Å²) in [5.74, 6) is 3.11. The van der Waals surface area contributed by atoms with Gasteiger partial charge in [0.15, 0.2) is 0 Å². The second kappa shape index (κ2) is 8.99. The summed E-state index contributed by atoms with van der Waals surface area (Å²) in [5, 5.41) is 3.46. The third kappa shape index (κ3) is 5.78. The summed E-state index contributed by atoms with van der Waals surface area (Å²) >= 11 is 0. The Hall–Kier alpha value is -0.280. The summed E-state index contributed by atoms with van der Waals surface area (Å²) in [6.07, 6.45) is 5.79. The second-order valence-electron chi connectivity index (χ2n) is 7.41. The van der Waals surface area contributed by atoms with E-state index >= 15 is 0 Å². The molecule has 2 aliphatic rings. The Morgan fingerprint density at radius 3 is 2.67 bits per heavy atom. The Morgan fingerprint density at radius 2 is 2.05 bits per heavy atom. The number of nitrogens with zero attached hydrogens (tertiary/aromatic N) is 1. The van der Waals surface area contributed by atoms with Gasteiger partial charge in [0.1, 0.15) is 0 Å². The van der Waals surface area contributed by atoms with E-state index in [1.807, 2.05) is 0 Å². The van der Waals surface area contributed by atoms with Gasteiger partial charge >= 0.3 is 0 Å². The minimum atomic E-state index is 0. The van der Waals surface area contributed by atoms with Gasteiger partial charge in [-0.25, -0.2) is 0 Å². The van der Waals surface area contributed by atoms with Crippen molar-refractivity contribution in [2.75, 3.05) is 26.2 Å². The van der Waals surface area contributed by atoms with Gasteiger partial charge in [0.25, 0.3) is 0 Å². The van der Waals surface area contributed by atoms with Gasteiger partial charge in [-0.3, -0.25) is 4.79 Å². The molecule has 0 bridgehead atoms. The predicted molar refractivity (Wildman–Crippen MR) is 90.8 cm³/mol. The van der Waals surface area contributed by atoms with Gasteiger partial charge in [-0.2, -0.15) is 0 Å². The molecule has 0 saturated carbocycles. The van der Waals surface area contributed by atoms with E-state index in [-0.39, 0.29) is 12.4 Å². The summed E-state index contributed by atoms with van der Waals surface area (Å²) in [4.78, 5) is 14.6. The van der Waals surface area contributed by atoms with Crippen molar-refractivity contribution in [3.8, 4) is 0 Å². The van der Waals surface area contributed by atoms with Crippen LogP contribution in [0.25, 0.3) is 0 Å². The molecule has 3 nitrogen and oxygen atoms in total. The van der Waals surface area contributed by atoms with Crippen LogP contribution >= 0.6 is 12.4 Å². The first-order valence-electron chi connectivity index (χ1n) is 8.54. The number of hydrogen-bond donors (Lipinski definition) is 1. The van der Waals surface area contributed by atoms with Crippen molar-refractivity contribution in [2.45, 2.75) is 52.9 Å². The SMILES string of the molecule is CC(C)CC1CCN(C(=O)CC(C)C2CCCNC2)C1.Cl. The molecule has 0 aromatic carbocycles. The highest BCUT2D eigenvalue weighted by atomic mass is 35.5. The molecular weight excluding hydrogens is 284 g/mol. The largest absolute Gasteiger partial charge is 0.342 e. The van der Waals surface area contributed by atoms with Crippen molar-refractivity contribution < 1.29 is 4.79 Å². The Bertz CT molecular complexity index is 316. The number of carbonyl (C=O) groups excluding carboxylic acids is 1. The minimum Gasteiger partial charge on any atom is -0.342 e. The number of amides is 1. The minimum absolute atomic E-state index is 0. The lowest BCUT2D eigenvalue weighted by molar-refractivity contribution is -0.131. The molecule has 2 rings (SSSR count). The van der Waals surface area contributed by atoms with Gasteiger partial charge in [0.2, 0.25) is 5.91 Å². The highest BCUT2D eigenvalue weighted by molar-refractivity contribution is 5.85. The summed E-state index contributed by atoms with van der Waals surface area (Å²) < 4.78 is 0. The first-order valence-corrected chi connectivity index (χ1v) is 8.54. The van der Waals surface area contributed by atoms with E-state index in [4.69, 9.17) is 0 Å². The van der Waals surface area contributed by atoms with Gasteiger partial charge in [-0.05, 0) is 62.4 Å². The van der Waals surface area contributed by atoms with E-state index in [1.165, 1.54) is 25.7 Å². The maximum Gasteiger partial charge on any atom is 0.222 e. The van der Waals surface area contributed by atoms with Gasteiger partial charge in [-0.1, -0.05) is 20.8 Å². The number of carbonyl (C=O) groups is 1. The quantitative estimate of drug-likeness (QED) is 0.844. The zero-order valence-electron chi connectivity index (χ0n) is 13.9. The fourth-order valence-electron chi connectivity index (χ4n) is 3.85. The van der Waals surface area contributed by atoms with E-state index in [9.17, 15) is 4.79 Å². The molecule has 2 fully saturated rings. The number of halogens is 1. The van der Waals surface area contributed by atoms with E-state index in [0.29, 0.717) is 17.7 Å². The number of likely N-dealkylation sites (tertiary alicyclic amines) is 1. The van der Waals surface area contributed by atoms with Crippen LogP contribution in [0.1, 0.15) is 52.9 Å². The first-order chi connectivity index (χ1) is 9.56. The Labute approximate surface area is 136 Å². The lowest BCUT2D eigenvalue weighted by Crippen LogP contribution is -2.36. The highest BCUT2D eigenvalue weighted by Crippen LogP contribution is 2.27. The van der Waals surface area contributed by atoms with E-state index in [1.54, 1.807) is 0 Å². The molecule has 0 aliphatic carbocycles. The summed E-state index contributed by atoms with van der Waals surface area (Å²) in [7, 11) is 0. The van der Waals surface area contributed by atoms with Crippen molar-refractivity contribution >= 4 is 18.3 Å². The maximum absolute atomic E-state index is 12.4. The molecule has 0 aromatic rings. The third-order valence-electron chi connectivity index (χ3n) is 5.08. The standard InChI is InChI=1S/C17H32N2O.ClH/c1-13(2)9-15-6-8-19(12-15)17(20)10-14(3)16-5-4-7-18-11-16;/h13-16,18H,4-12H2,1-3H3;1H. The molecule has 21 heavy (non-hydrogen) atoms. The van der Waals surface area contributed by atoms with Crippen molar-refractivity contribution in [3.63, 3.8) is 0 Å². The molecule has 4 heteroatoms. The molecule has 1 amide bonds. The summed E-state index contributed by atoms with van der Waals surface area (Å²) in [5.41, 5.74) is 0. The van der Waals surface area contributed by atoms with E-state index in [2.05, 4.69) is 31.0 Å². The monoisotopic (exact) mass is 316 g/mol. The maximum atomic E-state index is 12.4. The highest BCUT2D eigenvalue weighted by Gasteiger charge is 2.29. The Morgan fingerprint density at radius 1 is 1.29 bits per heavy atom. The fourth-order valence-corrected chi connectivity index (χ4v) is 3.85. The average molecular weight is 317 g/mol. The van der Waals surface area contributed by atoms with Crippen LogP contribution < -0.4 is 5.32 Å². The van der Waals surface area contributed by atoms with E-state index in [0.717, 1.165) is 44.4 Å². The van der Waals surface area contributed by atoms with Gasteiger partial charge in [0, 0.05) is 19.5 Å². The lowest BCUT2D eigenvalue weighted by Gasteiger charge is -2.29. The molecule has 0 aromatic heterocycles. The van der Waals surface area contributed by atoms with Crippen LogP contribution in [0.15, 0.2) is 0 Å². The molecule has 2 aliphatic heterocycles. The van der Waals surface area contributed by atoms with Gasteiger partial charge in [0.05, 0.1) is 0 Å². The van der Waals surface area contributed by atoms with Crippen LogP contribution in [0, 0.1) is 23.7 Å². The average Bonchev–Trinajstić information content (AvgIpc) is 2.87. The van der Waals surface area contributed by atoms with Crippen molar-refractivity contribution in [1.82, 2.24) is 10.2 Å². The van der Waals surface area contributed by atoms with Crippen LogP contribution in [0.5, 0.6) is 0 Å². The van der Waals surface area contributed by atoms with Crippen molar-refractivity contribution in [3.05, 3.63) is 0 Å². The molecule has 1 N–H and O–H groups in total. The summed E-state index contributed by atoms with van der Waals surface area (Å²) in [6.45, 7) is 11.1. The van der Waals surface area contributed by atoms with E-state index < -0.39 is 0 Å². The number of nitrogens with one attached hydrogen (secondary N) is 1. The van der Waals surface area contributed by atoms with Crippen LogP contribution in [0.3, 0.4) is 0 Å². The molecule has 2 saturated heterocycles. The second-order valence-corrected chi connectivity index (χ2v) is 7.41. The Kier molecular flexibility index (Phi) is 8.04.